The number of fused-ring (bicyclic) bond motifs is 13. The summed E-state index contributed by atoms with van der Waals surface area (Å²) in [4.78, 5) is 158. The number of rotatable bonds is 5. The van der Waals surface area contributed by atoms with E-state index in [4.69, 9.17) is 44.9 Å². The van der Waals surface area contributed by atoms with E-state index in [2.05, 4.69) is 52.6 Å². The van der Waals surface area contributed by atoms with Crippen LogP contribution in [0.2, 0.25) is 0 Å². The van der Waals surface area contributed by atoms with Crippen LogP contribution in [0.3, 0.4) is 0 Å². The van der Waals surface area contributed by atoms with E-state index in [1.165, 1.54) is 27.9 Å². The Balaban J connectivity index is 0.000000228. The van der Waals surface area contributed by atoms with Crippen LogP contribution in [-0.2, 0) is 132 Å². The van der Waals surface area contributed by atoms with Crippen LogP contribution in [0.1, 0.15) is 281 Å². The smallest absolute Gasteiger partial charge is 0.353 e. The van der Waals surface area contributed by atoms with Crippen LogP contribution in [0, 0.1) is 69.5 Å². The van der Waals surface area contributed by atoms with Gasteiger partial charge in [0.1, 0.15) is 46.5 Å². The minimum absolute atomic E-state index is 0. The van der Waals surface area contributed by atoms with Crippen LogP contribution in [-0.4, -0.2) is 176 Å². The minimum atomic E-state index is -0.877. The number of esters is 3. The Labute approximate surface area is 768 Å². The molecule has 18 atom stereocenters. The van der Waals surface area contributed by atoms with Gasteiger partial charge in [-0.1, -0.05) is 140 Å². The maximum Gasteiger partial charge on any atom is 0.353 e. The molecule has 4 N–H and O–H groups in total. The van der Waals surface area contributed by atoms with Crippen LogP contribution in [0.4, 0.5) is 0 Å². The van der Waals surface area contributed by atoms with Gasteiger partial charge in [-0.05, 0) is 206 Å². The van der Waals surface area contributed by atoms with Crippen LogP contribution in [0.15, 0.2) is 48.0 Å². The van der Waals surface area contributed by atoms with Crippen molar-refractivity contribution in [1.82, 2.24) is 48.6 Å². The minimum Gasteiger partial charge on any atom is -0.540 e. The molecule has 124 heavy (non-hydrogen) atoms. The maximum atomic E-state index is 14.1. The van der Waals surface area contributed by atoms with Crippen molar-refractivity contribution in [3.8, 4) is 17.5 Å². The molecule has 4 aromatic rings. The standard InChI is InChI=1S/C32H44N3O5.C31H45N4O5.C30H44N5O6.3V/c1-21-25(20-36)35-19-27(21)39-26-17-28-33-14-15-34(28)18-22(26)10-7-6-8-11-23-12-9-13-32(23,5)40-29(37)16-24(30(35)38)31(2,3)4;1-20-24(19-36)35-18-26(20)39-25-17-33-27(13-15-32)34-23(25)12-8-6-7-10-21-11-9-14-31(21,5)40-28(37)16-22(29(35)38)30(2,3)4;1-19-22(18-36)35-17-23(19)40-28-33-24(12-14-31)32-27(39)34(28)15-8-6-7-10-20-11-9-13-30(20,5)41-25(37)16-21(26(35)38)29(2,3)4;;;/h14-15,17-18,21,23-25,27H,6-13,16,19H2,1-5H3;13,15,17,20-22,24,26H,6-12,14,16,18,32H2,1-5H3;12,14,19-23H,6-11,13,15-17,31H2,1-5H3;;;/q3*-1;;;/t21-,23+,24+,25+,27-,32+;20-,21+,22+,24+,26-,31+;19-,20+,21+,22+,23-,30+;;;/m000.../s1. The third kappa shape index (κ3) is 24.1. The van der Waals surface area contributed by atoms with Gasteiger partial charge in [-0.2, -0.15) is 9.97 Å². The number of pyridine rings is 1. The number of nitrogens with two attached hydrogens (primary N) is 2. The first-order valence-electron chi connectivity index (χ1n) is 44.6. The summed E-state index contributed by atoms with van der Waals surface area (Å²) in [6.45, 7) is 30.2. The Morgan fingerprint density at radius 1 is 0.476 bits per heavy atom. The molecule has 10 heterocycles. The fraction of sp³-hybridized carbons (Fsp3) is 0.710. The van der Waals surface area contributed by atoms with E-state index in [-0.39, 0.29) is 166 Å². The molecular weight excluding hydrogens is 1690 g/mol. The van der Waals surface area contributed by atoms with Gasteiger partial charge in [0.25, 0.3) is 0 Å². The average Bonchev–Trinajstić information content (AvgIpc) is 1.63. The van der Waals surface area contributed by atoms with E-state index in [9.17, 15) is 47.9 Å². The van der Waals surface area contributed by atoms with Gasteiger partial charge >= 0.3 is 29.6 Å². The Kier molecular flexibility index (Phi) is 35.9. The van der Waals surface area contributed by atoms with Crippen LogP contribution in [0.25, 0.3) is 17.8 Å². The van der Waals surface area contributed by atoms with E-state index in [0.717, 1.165) is 157 Å². The second-order valence-corrected chi connectivity index (χ2v) is 39.7. The van der Waals surface area contributed by atoms with E-state index >= 15 is 0 Å². The van der Waals surface area contributed by atoms with E-state index in [1.807, 2.05) is 113 Å². The molecule has 6 aliphatic heterocycles. The van der Waals surface area contributed by atoms with Crippen LogP contribution >= 0.6 is 0 Å². The van der Waals surface area contributed by atoms with E-state index < -0.39 is 92.7 Å². The molecule has 3 amide bonds. The SMILES string of the molecule is C[C@@H]1[C@@H]2CN(C(=O)[C@H](C(C)(C)C)CC(=O)O[C@]3(C)CCC[C@H]3CCCCCc3cn4ccnc4cc3O2)[C@@H]1[C-]=O.C[C@@H]1[C@@H]2CN(C(=O)[C@H](C(C)(C)C)CC(=O)O[C@]3(C)CCC[C@H]3CCCCCc3nc(C=CN)ncc3O2)[C@@H]1[C-]=O.C[C@@H]1[C@@H]2CN(C(=O)[C@H](C(C)(C)C)CC(=O)O[C@]3(C)CCC[C@H]3CCCCCn3c(nc(C=CN)nc3=O)O2)[C@@H]1[C-]=O.[V].[V].[V]. The number of carbonyl (C=O) groups excluding carboxylic acids is 9. The quantitative estimate of drug-likeness (QED) is 0.106. The maximum absolute atomic E-state index is 14.1. The number of amides is 3. The zero-order chi connectivity index (χ0) is 87.7. The molecule has 3 aliphatic carbocycles. The molecule has 0 unspecified atom stereocenters. The fourth-order valence-corrected chi connectivity index (χ4v) is 20.2. The summed E-state index contributed by atoms with van der Waals surface area (Å²) >= 11 is 0. The summed E-state index contributed by atoms with van der Waals surface area (Å²) in [6, 6.07) is -0.355. The van der Waals surface area contributed by atoms with Crippen molar-refractivity contribution < 1.29 is 127 Å². The van der Waals surface area contributed by atoms with Gasteiger partial charge < -0.3 is 73.4 Å². The number of hydrogen-bond acceptors (Lipinski definition) is 23. The predicted molar refractivity (Wildman–Crippen MR) is 455 cm³/mol. The molecule has 3 radical (unpaired) electrons. The van der Waals surface area contributed by atoms with Crippen molar-refractivity contribution in [2.24, 2.45) is 81.0 Å². The fourth-order valence-electron chi connectivity index (χ4n) is 20.2. The third-order valence-corrected chi connectivity index (χ3v) is 28.1. The summed E-state index contributed by atoms with van der Waals surface area (Å²) in [5.41, 5.74) is 10.1. The molecule has 679 valence electrons. The Morgan fingerprint density at radius 3 is 1.29 bits per heavy atom. The van der Waals surface area contributed by atoms with Crippen molar-refractivity contribution in [2.45, 2.75) is 331 Å². The molecule has 6 bridgehead atoms. The van der Waals surface area contributed by atoms with Crippen molar-refractivity contribution in [3.05, 3.63) is 76.6 Å². The van der Waals surface area contributed by atoms with E-state index in [0.29, 0.717) is 42.8 Å². The summed E-state index contributed by atoms with van der Waals surface area (Å²) in [5.74, 6) is -1.99. The summed E-state index contributed by atoms with van der Waals surface area (Å²) in [6.07, 6.45) is 39.6. The van der Waals surface area contributed by atoms with E-state index in [1.54, 1.807) is 28.3 Å². The van der Waals surface area contributed by atoms with Crippen molar-refractivity contribution in [2.75, 3.05) is 19.6 Å². The average molecular weight is 1830 g/mol. The molecule has 13 rings (SSSR count). The first-order valence-corrected chi connectivity index (χ1v) is 44.6. The first kappa shape index (κ1) is 102. The zero-order valence-corrected chi connectivity index (χ0v) is 79.8. The van der Waals surface area contributed by atoms with Gasteiger partial charge in [0.15, 0.2) is 17.4 Å². The first-order chi connectivity index (χ1) is 57.3. The monoisotopic (exact) mass is 1830 g/mol. The van der Waals surface area contributed by atoms with Crippen LogP contribution < -0.4 is 31.4 Å². The number of aromatic nitrogens is 7. The largest absolute Gasteiger partial charge is 0.540 e. The molecule has 3 saturated carbocycles. The van der Waals surface area contributed by atoms with Gasteiger partial charge in [-0.3, -0.25) is 28.8 Å². The molecule has 3 saturated heterocycles. The summed E-state index contributed by atoms with van der Waals surface area (Å²) in [7, 11) is 0. The third-order valence-electron chi connectivity index (χ3n) is 28.1. The molecule has 0 spiro atoms. The number of hydrogen-bond donors (Lipinski definition) is 2. The van der Waals surface area contributed by atoms with Gasteiger partial charge in [0, 0.05) is 92.4 Å². The molecule has 9 aliphatic rings. The molecule has 0 aromatic carbocycles. The zero-order valence-electron chi connectivity index (χ0n) is 75.6. The van der Waals surface area contributed by atoms with Crippen molar-refractivity contribution in [3.63, 3.8) is 0 Å². The second-order valence-electron chi connectivity index (χ2n) is 39.7. The summed E-state index contributed by atoms with van der Waals surface area (Å²) in [5, 5.41) is 0. The number of imidazole rings is 1. The second kappa shape index (κ2) is 43.6. The van der Waals surface area contributed by atoms with Crippen LogP contribution in [0.5, 0.6) is 17.5 Å². The Bertz CT molecular complexity index is 4480. The van der Waals surface area contributed by atoms with Crippen molar-refractivity contribution in [1.29, 1.82) is 0 Å². The topological polar surface area (TPSA) is 362 Å². The predicted octanol–water partition coefficient (Wildman–Crippen LogP) is 12.7. The number of carbonyl (C=O) groups is 6. The molecule has 28 nitrogen and oxygen atoms in total. The van der Waals surface area contributed by atoms with Gasteiger partial charge in [-0.25, -0.2) is 43.2 Å². The molecule has 4 aromatic heterocycles. The van der Waals surface area contributed by atoms with Gasteiger partial charge in [0.05, 0.1) is 68.5 Å². The Morgan fingerprint density at radius 2 is 0.871 bits per heavy atom. The van der Waals surface area contributed by atoms with Gasteiger partial charge in [-0.15, -0.1) is 0 Å². The molecule has 6 fully saturated rings. The Hall–Kier alpha value is -7.36. The normalized spacial score (nSPS) is 31.6. The molecular formula is C93H133N12O16V3-3. The van der Waals surface area contributed by atoms with Gasteiger partial charge in [0.2, 0.25) is 17.7 Å². The summed E-state index contributed by atoms with van der Waals surface area (Å²) < 4.78 is 41.2. The number of ether oxygens (including phenoxy) is 6. The molecule has 31 heteroatoms. The number of nitrogens with zero attached hydrogens (tertiary/aromatic N) is 10. The van der Waals surface area contributed by atoms with Crippen molar-refractivity contribution >= 4 is 72.3 Å². The number of aryl methyl sites for hydroxylation is 2.